The molecule has 1 aromatic heterocycles. The molecule has 0 unspecified atom stereocenters. The van der Waals surface area contributed by atoms with E-state index >= 15 is 0 Å². The Hall–Kier alpha value is -2.17. The molecule has 1 aliphatic heterocycles. The van der Waals surface area contributed by atoms with Gasteiger partial charge < -0.3 is 10.2 Å². The van der Waals surface area contributed by atoms with Gasteiger partial charge in [0.1, 0.15) is 17.5 Å². The molecule has 1 aliphatic rings. The zero-order valence-electron chi connectivity index (χ0n) is 13.0. The molecule has 1 aromatic carbocycles. The molecule has 0 spiro atoms. The summed E-state index contributed by atoms with van der Waals surface area (Å²) in [5.41, 5.74) is 2.11. The van der Waals surface area contributed by atoms with Crippen LogP contribution < -0.4 is 10.2 Å². The number of aromatic nitrogens is 1. The Bertz CT molecular complexity index is 713. The van der Waals surface area contributed by atoms with E-state index in [1.165, 1.54) is 12.1 Å². The molecule has 0 fully saturated rings. The molecule has 3 nitrogen and oxygen atoms in total. The van der Waals surface area contributed by atoms with E-state index in [1.54, 1.807) is 6.20 Å². The molecule has 22 heavy (non-hydrogen) atoms. The van der Waals surface area contributed by atoms with Crippen LogP contribution in [0.1, 0.15) is 25.0 Å². The van der Waals surface area contributed by atoms with Crippen LogP contribution in [0.2, 0.25) is 0 Å². The van der Waals surface area contributed by atoms with Gasteiger partial charge in [0.25, 0.3) is 0 Å². The van der Waals surface area contributed by atoms with Gasteiger partial charge in [-0.2, -0.15) is 0 Å². The van der Waals surface area contributed by atoms with Crippen molar-refractivity contribution in [1.82, 2.24) is 4.98 Å². The maximum absolute atomic E-state index is 13.9. The van der Waals surface area contributed by atoms with E-state index in [2.05, 4.69) is 24.1 Å². The Balaban J connectivity index is 1.99. The van der Waals surface area contributed by atoms with Crippen molar-refractivity contribution in [2.75, 3.05) is 16.8 Å². The predicted octanol–water partition coefficient (Wildman–Crippen LogP) is 3.88. The minimum atomic E-state index is -0.423. The quantitative estimate of drug-likeness (QED) is 0.912. The molecule has 3 rings (SSSR count). The van der Waals surface area contributed by atoms with Gasteiger partial charge in [0.15, 0.2) is 0 Å². The van der Waals surface area contributed by atoms with Crippen LogP contribution in [0.3, 0.4) is 0 Å². The highest BCUT2D eigenvalue weighted by atomic mass is 19.1. The highest BCUT2D eigenvalue weighted by Gasteiger charge is 2.30. The first kappa shape index (κ1) is 14.8. The number of rotatable bonds is 2. The summed E-state index contributed by atoms with van der Waals surface area (Å²) in [5, 5.41) is 3.38. The van der Waals surface area contributed by atoms with Crippen molar-refractivity contribution in [2.45, 2.75) is 32.9 Å². The van der Waals surface area contributed by atoms with Crippen LogP contribution >= 0.6 is 0 Å². The van der Waals surface area contributed by atoms with E-state index in [4.69, 9.17) is 0 Å². The fourth-order valence-electron chi connectivity index (χ4n) is 2.82. The fourth-order valence-corrected chi connectivity index (χ4v) is 2.82. The van der Waals surface area contributed by atoms with Crippen molar-refractivity contribution in [2.24, 2.45) is 0 Å². The largest absolute Gasteiger partial charge is 0.362 e. The van der Waals surface area contributed by atoms with E-state index in [0.29, 0.717) is 18.7 Å². The molecule has 0 atom stereocenters. The van der Waals surface area contributed by atoms with Gasteiger partial charge in [-0.25, -0.2) is 13.8 Å². The second-order valence-electron chi connectivity index (χ2n) is 6.48. The summed E-state index contributed by atoms with van der Waals surface area (Å²) < 4.78 is 27.4. The van der Waals surface area contributed by atoms with E-state index in [9.17, 15) is 8.78 Å². The number of hydrogen-bond acceptors (Lipinski definition) is 3. The SMILES string of the molecule is Cc1cnc2c(c1)N(Cc1cc(F)ccc1F)CC(C)(C)N2. The van der Waals surface area contributed by atoms with E-state index in [1.807, 2.05) is 17.9 Å². The van der Waals surface area contributed by atoms with Gasteiger partial charge in [-0.05, 0) is 50.6 Å². The highest BCUT2D eigenvalue weighted by molar-refractivity contribution is 5.70. The van der Waals surface area contributed by atoms with Crippen molar-refractivity contribution in [3.05, 3.63) is 53.2 Å². The second kappa shape index (κ2) is 5.23. The standard InChI is InChI=1S/C17H19F2N3/c1-11-6-15-16(20-8-11)21-17(2,3)10-22(15)9-12-7-13(18)4-5-14(12)19/h4-8H,9-10H2,1-3H3,(H,20,21). The van der Waals surface area contributed by atoms with Crippen molar-refractivity contribution in [3.63, 3.8) is 0 Å². The molecule has 0 saturated heterocycles. The first-order chi connectivity index (χ1) is 10.3. The molecule has 2 heterocycles. The topological polar surface area (TPSA) is 28.2 Å². The molecule has 116 valence electrons. The minimum Gasteiger partial charge on any atom is -0.362 e. The number of halogens is 2. The Morgan fingerprint density at radius 1 is 1.27 bits per heavy atom. The van der Waals surface area contributed by atoms with Gasteiger partial charge in [-0.1, -0.05) is 0 Å². The number of hydrogen-bond donors (Lipinski definition) is 1. The lowest BCUT2D eigenvalue weighted by Crippen LogP contribution is -2.48. The number of nitrogens with one attached hydrogen (secondary N) is 1. The molecular weight excluding hydrogens is 284 g/mol. The van der Waals surface area contributed by atoms with Crippen LogP contribution in [-0.2, 0) is 6.54 Å². The Labute approximate surface area is 129 Å². The lowest BCUT2D eigenvalue weighted by atomic mass is 10.00. The average Bonchev–Trinajstić information content (AvgIpc) is 2.43. The Kier molecular flexibility index (Phi) is 3.51. The lowest BCUT2D eigenvalue weighted by molar-refractivity contribution is 0.517. The molecule has 0 radical (unpaired) electrons. The zero-order chi connectivity index (χ0) is 15.9. The highest BCUT2D eigenvalue weighted by Crippen LogP contribution is 2.34. The van der Waals surface area contributed by atoms with Crippen LogP contribution in [0.4, 0.5) is 20.3 Å². The van der Waals surface area contributed by atoms with Gasteiger partial charge in [0.2, 0.25) is 0 Å². The summed E-state index contributed by atoms with van der Waals surface area (Å²) >= 11 is 0. The molecule has 5 heteroatoms. The van der Waals surface area contributed by atoms with Gasteiger partial charge in [0, 0.05) is 24.8 Å². The Morgan fingerprint density at radius 3 is 2.82 bits per heavy atom. The molecule has 2 aromatic rings. The number of nitrogens with zero attached hydrogens (tertiary/aromatic N) is 2. The summed E-state index contributed by atoms with van der Waals surface area (Å²) in [6.07, 6.45) is 1.80. The average molecular weight is 303 g/mol. The van der Waals surface area contributed by atoms with Crippen LogP contribution in [0.25, 0.3) is 0 Å². The van der Waals surface area contributed by atoms with Gasteiger partial charge in [-0.15, -0.1) is 0 Å². The maximum Gasteiger partial charge on any atom is 0.150 e. The lowest BCUT2D eigenvalue weighted by Gasteiger charge is -2.41. The summed E-state index contributed by atoms with van der Waals surface area (Å²) in [5.74, 6) is -0.0352. The summed E-state index contributed by atoms with van der Waals surface area (Å²) in [6, 6.07) is 5.59. The molecule has 0 bridgehead atoms. The number of anilines is 2. The molecular formula is C17H19F2N3. The zero-order valence-corrected chi connectivity index (χ0v) is 13.0. The third kappa shape index (κ3) is 2.89. The van der Waals surface area contributed by atoms with Crippen LogP contribution in [0.15, 0.2) is 30.5 Å². The van der Waals surface area contributed by atoms with Crippen molar-refractivity contribution in [1.29, 1.82) is 0 Å². The van der Waals surface area contributed by atoms with E-state index in [0.717, 1.165) is 23.1 Å². The predicted molar refractivity (Wildman–Crippen MR) is 84.1 cm³/mol. The van der Waals surface area contributed by atoms with Crippen LogP contribution in [0, 0.1) is 18.6 Å². The molecule has 0 amide bonds. The fraction of sp³-hybridized carbons (Fsp3) is 0.353. The summed E-state index contributed by atoms with van der Waals surface area (Å²) in [4.78, 5) is 6.47. The first-order valence-electron chi connectivity index (χ1n) is 7.28. The number of pyridine rings is 1. The third-order valence-electron chi connectivity index (χ3n) is 3.76. The second-order valence-corrected chi connectivity index (χ2v) is 6.48. The molecule has 0 aliphatic carbocycles. The van der Waals surface area contributed by atoms with E-state index in [-0.39, 0.29) is 11.4 Å². The maximum atomic E-state index is 13.9. The summed E-state index contributed by atoms with van der Waals surface area (Å²) in [6.45, 7) is 7.08. The normalized spacial score (nSPS) is 16.1. The summed E-state index contributed by atoms with van der Waals surface area (Å²) in [7, 11) is 0. The van der Waals surface area contributed by atoms with Gasteiger partial charge in [0.05, 0.1) is 11.2 Å². The Morgan fingerprint density at radius 2 is 2.05 bits per heavy atom. The van der Waals surface area contributed by atoms with Crippen LogP contribution in [-0.4, -0.2) is 17.1 Å². The van der Waals surface area contributed by atoms with Crippen molar-refractivity contribution < 1.29 is 8.78 Å². The number of benzene rings is 1. The number of aryl methyl sites for hydroxylation is 1. The van der Waals surface area contributed by atoms with Crippen molar-refractivity contribution >= 4 is 11.5 Å². The smallest absolute Gasteiger partial charge is 0.150 e. The monoisotopic (exact) mass is 303 g/mol. The number of fused-ring (bicyclic) bond motifs is 1. The van der Waals surface area contributed by atoms with Crippen LogP contribution in [0.5, 0.6) is 0 Å². The molecule has 1 N–H and O–H groups in total. The van der Waals surface area contributed by atoms with E-state index < -0.39 is 5.82 Å². The van der Waals surface area contributed by atoms with Crippen molar-refractivity contribution in [3.8, 4) is 0 Å². The first-order valence-corrected chi connectivity index (χ1v) is 7.28. The minimum absolute atomic E-state index is 0.195. The third-order valence-corrected chi connectivity index (χ3v) is 3.76. The van der Waals surface area contributed by atoms with Gasteiger partial charge >= 0.3 is 0 Å². The van der Waals surface area contributed by atoms with Gasteiger partial charge in [-0.3, -0.25) is 0 Å². The molecule has 0 saturated carbocycles.